The third-order valence-corrected chi connectivity index (χ3v) is 4.40. The lowest BCUT2D eigenvalue weighted by molar-refractivity contribution is 0.0580. The number of ether oxygens (including phenoxy) is 1. The van der Waals surface area contributed by atoms with Gasteiger partial charge < -0.3 is 15.0 Å². The van der Waals surface area contributed by atoms with Gasteiger partial charge in [-0.05, 0) is 52.7 Å². The number of hydrogen-bond donors (Lipinski definition) is 1. The van der Waals surface area contributed by atoms with E-state index >= 15 is 0 Å². The quantitative estimate of drug-likeness (QED) is 0.492. The molecule has 0 fully saturated rings. The van der Waals surface area contributed by atoms with Crippen molar-refractivity contribution in [1.82, 2.24) is 10.2 Å². The Morgan fingerprint density at radius 2 is 1.71 bits per heavy atom. The minimum atomic E-state index is 0.398. The van der Waals surface area contributed by atoms with Crippen LogP contribution in [0.5, 0.6) is 0 Å². The van der Waals surface area contributed by atoms with Crippen LogP contribution in [0.2, 0.25) is 0 Å². The molecule has 0 saturated carbocycles. The SMILES string of the molecule is CCC(C)C(CC)NCCOC(C)CCCCCN(C)C. The molecule has 0 amide bonds. The van der Waals surface area contributed by atoms with Crippen LogP contribution in [-0.2, 0) is 4.74 Å². The first-order valence-corrected chi connectivity index (χ1v) is 9.00. The fourth-order valence-electron chi connectivity index (χ4n) is 2.66. The summed E-state index contributed by atoms with van der Waals surface area (Å²) in [6.45, 7) is 12.1. The molecule has 0 heterocycles. The topological polar surface area (TPSA) is 24.5 Å². The maximum Gasteiger partial charge on any atom is 0.0594 e. The minimum Gasteiger partial charge on any atom is -0.377 e. The molecule has 0 aromatic carbocycles. The average molecular weight is 301 g/mol. The van der Waals surface area contributed by atoms with Gasteiger partial charge in [0.1, 0.15) is 0 Å². The van der Waals surface area contributed by atoms with Crippen molar-refractivity contribution in [2.45, 2.75) is 78.4 Å². The van der Waals surface area contributed by atoms with Crippen molar-refractivity contribution in [2.75, 3.05) is 33.8 Å². The molecule has 0 aliphatic rings. The number of nitrogens with one attached hydrogen (secondary N) is 1. The molecule has 0 aliphatic carbocycles. The third kappa shape index (κ3) is 12.1. The van der Waals surface area contributed by atoms with Gasteiger partial charge in [-0.3, -0.25) is 0 Å². The lowest BCUT2D eigenvalue weighted by Crippen LogP contribution is -2.36. The highest BCUT2D eigenvalue weighted by molar-refractivity contribution is 4.70. The summed E-state index contributed by atoms with van der Waals surface area (Å²) in [5.74, 6) is 0.754. The molecule has 0 aromatic rings. The molecule has 0 radical (unpaired) electrons. The average Bonchev–Trinajstić information content (AvgIpc) is 2.46. The van der Waals surface area contributed by atoms with Crippen molar-refractivity contribution in [3.63, 3.8) is 0 Å². The van der Waals surface area contributed by atoms with Gasteiger partial charge in [-0.2, -0.15) is 0 Å². The first-order valence-electron chi connectivity index (χ1n) is 9.00. The molecule has 3 unspecified atom stereocenters. The summed E-state index contributed by atoms with van der Waals surface area (Å²) in [6.07, 6.45) is 7.94. The summed E-state index contributed by atoms with van der Waals surface area (Å²) in [5.41, 5.74) is 0. The highest BCUT2D eigenvalue weighted by atomic mass is 16.5. The van der Waals surface area contributed by atoms with E-state index in [1.165, 1.54) is 45.1 Å². The van der Waals surface area contributed by atoms with Crippen LogP contribution in [0.15, 0.2) is 0 Å². The number of rotatable bonds is 14. The van der Waals surface area contributed by atoms with Gasteiger partial charge in [-0.15, -0.1) is 0 Å². The van der Waals surface area contributed by atoms with Crippen LogP contribution in [0.1, 0.15) is 66.2 Å². The van der Waals surface area contributed by atoms with Crippen LogP contribution >= 0.6 is 0 Å². The summed E-state index contributed by atoms with van der Waals surface area (Å²) in [7, 11) is 4.28. The Balaban J connectivity index is 3.50. The monoisotopic (exact) mass is 300 g/mol. The van der Waals surface area contributed by atoms with E-state index in [4.69, 9.17) is 4.74 Å². The molecule has 0 bridgehead atoms. The first-order chi connectivity index (χ1) is 10.0. The fraction of sp³-hybridized carbons (Fsp3) is 1.00. The Labute approximate surface area is 133 Å². The van der Waals surface area contributed by atoms with Crippen molar-refractivity contribution in [3.05, 3.63) is 0 Å². The summed E-state index contributed by atoms with van der Waals surface area (Å²) in [6, 6.07) is 0.639. The largest absolute Gasteiger partial charge is 0.377 e. The zero-order chi connectivity index (χ0) is 16.1. The zero-order valence-corrected chi connectivity index (χ0v) is 15.5. The number of unbranched alkanes of at least 4 members (excludes halogenated alkanes) is 2. The first kappa shape index (κ1) is 20.9. The van der Waals surface area contributed by atoms with Gasteiger partial charge in [0.15, 0.2) is 0 Å². The predicted octanol–water partition coefficient (Wildman–Crippen LogP) is 3.93. The maximum atomic E-state index is 5.91. The second-order valence-electron chi connectivity index (χ2n) is 6.69. The van der Waals surface area contributed by atoms with Gasteiger partial charge in [-0.1, -0.05) is 40.0 Å². The van der Waals surface area contributed by atoms with Gasteiger partial charge in [-0.25, -0.2) is 0 Å². The van der Waals surface area contributed by atoms with Gasteiger partial charge in [0.05, 0.1) is 12.7 Å². The molecule has 0 rings (SSSR count). The van der Waals surface area contributed by atoms with Crippen LogP contribution in [0.25, 0.3) is 0 Å². The molecule has 0 saturated heterocycles. The normalized spacial score (nSPS) is 16.1. The van der Waals surface area contributed by atoms with E-state index in [9.17, 15) is 0 Å². The molecule has 3 atom stereocenters. The van der Waals surface area contributed by atoms with Crippen LogP contribution in [0.3, 0.4) is 0 Å². The number of nitrogens with zero attached hydrogens (tertiary/aromatic N) is 1. The second-order valence-corrected chi connectivity index (χ2v) is 6.69. The van der Waals surface area contributed by atoms with E-state index in [0.717, 1.165) is 19.1 Å². The Bertz CT molecular complexity index is 221. The molecule has 1 N–H and O–H groups in total. The zero-order valence-electron chi connectivity index (χ0n) is 15.5. The van der Waals surface area contributed by atoms with E-state index in [1.807, 2.05) is 0 Å². The molecule has 0 spiro atoms. The molecular weight excluding hydrogens is 260 g/mol. The lowest BCUT2D eigenvalue weighted by atomic mass is 9.97. The van der Waals surface area contributed by atoms with Gasteiger partial charge in [0.2, 0.25) is 0 Å². The fourth-order valence-corrected chi connectivity index (χ4v) is 2.66. The number of hydrogen-bond acceptors (Lipinski definition) is 3. The van der Waals surface area contributed by atoms with Gasteiger partial charge in [0, 0.05) is 12.6 Å². The Morgan fingerprint density at radius 3 is 2.29 bits per heavy atom. The minimum absolute atomic E-state index is 0.398. The van der Waals surface area contributed by atoms with Crippen LogP contribution in [-0.4, -0.2) is 50.8 Å². The van der Waals surface area contributed by atoms with E-state index in [0.29, 0.717) is 12.1 Å². The second kappa shape index (κ2) is 13.5. The predicted molar refractivity (Wildman–Crippen MR) is 94.0 cm³/mol. The highest BCUT2D eigenvalue weighted by Gasteiger charge is 2.12. The smallest absolute Gasteiger partial charge is 0.0594 e. The van der Waals surface area contributed by atoms with Crippen LogP contribution < -0.4 is 5.32 Å². The van der Waals surface area contributed by atoms with Crippen molar-refractivity contribution in [2.24, 2.45) is 5.92 Å². The standard InChI is InChI=1S/C18H40N2O/c1-7-16(3)18(8-2)19-13-15-21-17(4)12-10-9-11-14-20(5)6/h16-19H,7-15H2,1-6H3. The summed E-state index contributed by atoms with van der Waals surface area (Å²) < 4.78 is 5.91. The van der Waals surface area contributed by atoms with Crippen molar-refractivity contribution < 1.29 is 4.74 Å². The molecule has 0 aromatic heterocycles. The summed E-state index contributed by atoms with van der Waals surface area (Å²) in [5, 5.41) is 3.63. The summed E-state index contributed by atoms with van der Waals surface area (Å²) >= 11 is 0. The van der Waals surface area contributed by atoms with Gasteiger partial charge in [0.25, 0.3) is 0 Å². The molecule has 3 heteroatoms. The van der Waals surface area contributed by atoms with E-state index < -0.39 is 0 Å². The maximum absolute atomic E-state index is 5.91. The molecule has 21 heavy (non-hydrogen) atoms. The Morgan fingerprint density at radius 1 is 1.00 bits per heavy atom. The third-order valence-electron chi connectivity index (χ3n) is 4.40. The molecular formula is C18H40N2O. The molecule has 0 aliphatic heterocycles. The lowest BCUT2D eigenvalue weighted by Gasteiger charge is -2.23. The van der Waals surface area contributed by atoms with E-state index in [-0.39, 0.29) is 0 Å². The van der Waals surface area contributed by atoms with Crippen LogP contribution in [0, 0.1) is 5.92 Å². The Kier molecular flexibility index (Phi) is 13.5. The van der Waals surface area contributed by atoms with E-state index in [1.54, 1.807) is 0 Å². The van der Waals surface area contributed by atoms with Gasteiger partial charge >= 0.3 is 0 Å². The Hall–Kier alpha value is -0.120. The molecule has 3 nitrogen and oxygen atoms in total. The highest BCUT2D eigenvalue weighted by Crippen LogP contribution is 2.10. The molecule has 128 valence electrons. The van der Waals surface area contributed by atoms with Crippen molar-refractivity contribution >= 4 is 0 Å². The van der Waals surface area contributed by atoms with Crippen molar-refractivity contribution in [1.29, 1.82) is 0 Å². The van der Waals surface area contributed by atoms with Crippen molar-refractivity contribution in [3.8, 4) is 0 Å². The van der Waals surface area contributed by atoms with E-state index in [2.05, 4.69) is 52.0 Å². The summed E-state index contributed by atoms with van der Waals surface area (Å²) in [4.78, 5) is 2.26. The van der Waals surface area contributed by atoms with Crippen LogP contribution in [0.4, 0.5) is 0 Å².